The van der Waals surface area contributed by atoms with E-state index in [4.69, 9.17) is 16.7 Å². The third-order valence-electron chi connectivity index (χ3n) is 5.35. The molecule has 4 N–H and O–H groups in total. The van der Waals surface area contributed by atoms with Crippen LogP contribution in [-0.4, -0.2) is 42.0 Å². The molecule has 7 nitrogen and oxygen atoms in total. The van der Waals surface area contributed by atoms with Crippen LogP contribution >= 0.6 is 11.6 Å². The molecule has 0 aliphatic carbocycles. The lowest BCUT2D eigenvalue weighted by atomic mass is 9.93. The molecule has 164 valence electrons. The number of benzene rings is 2. The molecule has 0 bridgehead atoms. The van der Waals surface area contributed by atoms with Gasteiger partial charge in [0.2, 0.25) is 11.8 Å². The van der Waals surface area contributed by atoms with Crippen LogP contribution in [-0.2, 0) is 27.3 Å². The van der Waals surface area contributed by atoms with Gasteiger partial charge in [0.25, 0.3) is 0 Å². The summed E-state index contributed by atoms with van der Waals surface area (Å²) in [6, 6.07) is 14.9. The second kappa shape index (κ2) is 10.9. The minimum absolute atomic E-state index is 0.0687. The van der Waals surface area contributed by atoms with Gasteiger partial charge in [-0.3, -0.25) is 14.4 Å². The van der Waals surface area contributed by atoms with Gasteiger partial charge in [0.05, 0.1) is 12.5 Å². The number of halogens is 1. The first-order valence-corrected chi connectivity index (χ1v) is 10.6. The summed E-state index contributed by atoms with van der Waals surface area (Å²) in [5.74, 6) is -1.61. The first-order valence-electron chi connectivity index (χ1n) is 10.2. The molecule has 2 aromatic rings. The van der Waals surface area contributed by atoms with Gasteiger partial charge in [0.1, 0.15) is 0 Å². The van der Waals surface area contributed by atoms with Crippen molar-refractivity contribution in [2.24, 2.45) is 0 Å². The van der Waals surface area contributed by atoms with Crippen LogP contribution in [0.3, 0.4) is 0 Å². The van der Waals surface area contributed by atoms with Gasteiger partial charge in [-0.25, -0.2) is 0 Å². The first-order chi connectivity index (χ1) is 14.9. The second-order valence-corrected chi connectivity index (χ2v) is 8.03. The topological polar surface area (TPSA) is 108 Å². The SMILES string of the molecule is O=C(O)CCNC(=O)CC(CNC(=O)C1Cc2ccccc2CN1)c1ccc(Cl)cc1. The van der Waals surface area contributed by atoms with Gasteiger partial charge >= 0.3 is 5.97 Å². The molecule has 2 aromatic carbocycles. The average Bonchev–Trinajstić information content (AvgIpc) is 2.76. The Labute approximate surface area is 186 Å². The lowest BCUT2D eigenvalue weighted by Gasteiger charge is -2.26. The molecule has 3 rings (SSSR count). The average molecular weight is 444 g/mol. The van der Waals surface area contributed by atoms with E-state index in [1.54, 1.807) is 12.1 Å². The Morgan fingerprint density at radius 2 is 1.77 bits per heavy atom. The van der Waals surface area contributed by atoms with E-state index in [0.29, 0.717) is 18.0 Å². The smallest absolute Gasteiger partial charge is 0.305 e. The maximum Gasteiger partial charge on any atom is 0.305 e. The summed E-state index contributed by atoms with van der Waals surface area (Å²) < 4.78 is 0. The Kier molecular flexibility index (Phi) is 8.03. The highest BCUT2D eigenvalue weighted by molar-refractivity contribution is 6.30. The third-order valence-corrected chi connectivity index (χ3v) is 5.61. The van der Waals surface area contributed by atoms with Crippen molar-refractivity contribution in [1.29, 1.82) is 0 Å². The number of hydrogen-bond donors (Lipinski definition) is 4. The zero-order chi connectivity index (χ0) is 22.2. The van der Waals surface area contributed by atoms with Crippen molar-refractivity contribution in [3.05, 3.63) is 70.2 Å². The number of carboxylic acids is 1. The number of rotatable bonds is 9. The predicted molar refractivity (Wildman–Crippen MR) is 118 cm³/mol. The zero-order valence-corrected chi connectivity index (χ0v) is 17.8. The Balaban J connectivity index is 1.60. The monoisotopic (exact) mass is 443 g/mol. The van der Waals surface area contributed by atoms with Gasteiger partial charge in [-0.2, -0.15) is 0 Å². The Morgan fingerprint density at radius 1 is 1.06 bits per heavy atom. The van der Waals surface area contributed by atoms with Crippen molar-refractivity contribution in [2.75, 3.05) is 13.1 Å². The van der Waals surface area contributed by atoms with Crippen molar-refractivity contribution in [1.82, 2.24) is 16.0 Å². The van der Waals surface area contributed by atoms with Crippen molar-refractivity contribution in [3.8, 4) is 0 Å². The standard InChI is InChI=1S/C23H26ClN3O4/c24-19-7-5-15(6-8-19)18(12-21(28)25-10-9-22(29)30)14-27-23(31)20-11-16-3-1-2-4-17(16)13-26-20/h1-8,18,20,26H,9-14H2,(H,25,28)(H,27,31)(H,29,30). The summed E-state index contributed by atoms with van der Waals surface area (Å²) in [5.41, 5.74) is 3.23. The fraction of sp³-hybridized carbons (Fsp3) is 0.348. The minimum atomic E-state index is -0.969. The number of carbonyl (C=O) groups is 3. The molecule has 2 unspecified atom stereocenters. The number of amides is 2. The molecular weight excluding hydrogens is 418 g/mol. The molecule has 31 heavy (non-hydrogen) atoms. The van der Waals surface area contributed by atoms with E-state index in [0.717, 1.165) is 11.1 Å². The summed E-state index contributed by atoms with van der Waals surface area (Å²) in [7, 11) is 0. The Morgan fingerprint density at radius 3 is 2.48 bits per heavy atom. The summed E-state index contributed by atoms with van der Waals surface area (Å²) in [5, 5.41) is 18.2. The molecule has 1 aliphatic heterocycles. The number of aliphatic carboxylic acids is 1. The van der Waals surface area contributed by atoms with E-state index in [1.165, 1.54) is 5.56 Å². The van der Waals surface area contributed by atoms with Crippen LogP contribution in [0.5, 0.6) is 0 Å². The summed E-state index contributed by atoms with van der Waals surface area (Å²) >= 11 is 5.98. The van der Waals surface area contributed by atoms with Crippen molar-refractivity contribution in [3.63, 3.8) is 0 Å². The van der Waals surface area contributed by atoms with E-state index in [-0.39, 0.29) is 49.7 Å². The number of carbonyl (C=O) groups excluding carboxylic acids is 2. The lowest BCUT2D eigenvalue weighted by molar-refractivity contribution is -0.137. The van der Waals surface area contributed by atoms with Gasteiger partial charge in [-0.1, -0.05) is 48.0 Å². The van der Waals surface area contributed by atoms with Crippen LogP contribution in [0.25, 0.3) is 0 Å². The van der Waals surface area contributed by atoms with Crippen molar-refractivity contribution in [2.45, 2.75) is 37.8 Å². The highest BCUT2D eigenvalue weighted by Gasteiger charge is 2.25. The number of hydrogen-bond acceptors (Lipinski definition) is 4. The predicted octanol–water partition coefficient (Wildman–Crippen LogP) is 2.24. The molecule has 0 saturated heterocycles. The van der Waals surface area contributed by atoms with Crippen LogP contribution in [0.15, 0.2) is 48.5 Å². The molecule has 1 aliphatic rings. The fourth-order valence-electron chi connectivity index (χ4n) is 3.63. The normalized spacial score (nSPS) is 16.1. The second-order valence-electron chi connectivity index (χ2n) is 7.60. The zero-order valence-electron chi connectivity index (χ0n) is 17.1. The highest BCUT2D eigenvalue weighted by Crippen LogP contribution is 2.22. The van der Waals surface area contributed by atoms with E-state index in [2.05, 4.69) is 22.0 Å². The maximum absolute atomic E-state index is 12.8. The van der Waals surface area contributed by atoms with Crippen LogP contribution < -0.4 is 16.0 Å². The molecule has 0 aromatic heterocycles. The van der Waals surface area contributed by atoms with Gasteiger partial charge in [0.15, 0.2) is 0 Å². The van der Waals surface area contributed by atoms with Gasteiger partial charge in [-0.05, 0) is 35.2 Å². The summed E-state index contributed by atoms with van der Waals surface area (Å²) in [4.78, 5) is 35.7. The Bertz CT molecular complexity index is 933. The first kappa shape index (κ1) is 22.8. The van der Waals surface area contributed by atoms with Crippen LogP contribution in [0, 0.1) is 0 Å². The van der Waals surface area contributed by atoms with Gasteiger partial charge in [0, 0.05) is 37.0 Å². The number of nitrogens with one attached hydrogen (secondary N) is 3. The van der Waals surface area contributed by atoms with E-state index in [9.17, 15) is 14.4 Å². The minimum Gasteiger partial charge on any atom is -0.481 e. The molecular formula is C23H26ClN3O4. The van der Waals surface area contributed by atoms with Gasteiger partial charge < -0.3 is 21.1 Å². The maximum atomic E-state index is 12.8. The van der Waals surface area contributed by atoms with Crippen LogP contribution in [0.2, 0.25) is 5.02 Å². The summed E-state index contributed by atoms with van der Waals surface area (Å²) in [6.45, 7) is 0.993. The number of fused-ring (bicyclic) bond motifs is 1. The molecule has 0 spiro atoms. The van der Waals surface area contributed by atoms with E-state index in [1.807, 2.05) is 30.3 Å². The third kappa shape index (κ3) is 6.80. The molecule has 0 saturated carbocycles. The van der Waals surface area contributed by atoms with E-state index >= 15 is 0 Å². The quantitative estimate of drug-likeness (QED) is 0.475. The largest absolute Gasteiger partial charge is 0.481 e. The fourth-order valence-corrected chi connectivity index (χ4v) is 3.76. The van der Waals surface area contributed by atoms with Crippen molar-refractivity contribution < 1.29 is 19.5 Å². The van der Waals surface area contributed by atoms with Gasteiger partial charge in [-0.15, -0.1) is 0 Å². The highest BCUT2D eigenvalue weighted by atomic mass is 35.5. The van der Waals surface area contributed by atoms with E-state index < -0.39 is 5.97 Å². The molecule has 1 heterocycles. The number of carboxylic acid groups (broad SMARTS) is 1. The molecule has 2 amide bonds. The Hall–Kier alpha value is -2.90. The van der Waals surface area contributed by atoms with Crippen LogP contribution in [0.1, 0.15) is 35.4 Å². The molecule has 0 radical (unpaired) electrons. The molecule has 8 heteroatoms. The van der Waals surface area contributed by atoms with Crippen LogP contribution in [0.4, 0.5) is 0 Å². The summed E-state index contributed by atoms with van der Waals surface area (Å²) in [6.07, 6.45) is 0.606. The van der Waals surface area contributed by atoms with Crippen molar-refractivity contribution >= 4 is 29.4 Å². The lowest BCUT2D eigenvalue weighted by Crippen LogP contribution is -2.48. The molecule has 0 fully saturated rings. The molecule has 2 atom stereocenters.